The fraction of sp³-hybridized carbons (Fsp3) is 0.455. The number of rotatable bonds is 1. The molecule has 16 heavy (non-hydrogen) atoms. The number of hydrogen-bond donors (Lipinski definition) is 0. The predicted molar refractivity (Wildman–Crippen MR) is 66.9 cm³/mol. The molecule has 0 aliphatic carbocycles. The van der Waals surface area contributed by atoms with E-state index in [1.54, 1.807) is 30.2 Å². The lowest BCUT2D eigenvalue weighted by Gasteiger charge is -2.13. The molecular formula is C11H15N3OS. The molecule has 0 unspecified atom stereocenters. The summed E-state index contributed by atoms with van der Waals surface area (Å²) in [6.45, 7) is 4.49. The monoisotopic (exact) mass is 237 g/mol. The van der Waals surface area contributed by atoms with Gasteiger partial charge in [0.25, 0.3) is 0 Å². The van der Waals surface area contributed by atoms with Crippen LogP contribution in [0.2, 0.25) is 0 Å². The molecule has 0 N–H and O–H groups in total. The summed E-state index contributed by atoms with van der Waals surface area (Å²) in [5, 5.41) is 9.69. The van der Waals surface area contributed by atoms with E-state index < -0.39 is 0 Å². The standard InChI is InChI=1S/C11H15N3OS/c1-8-5-7-16-11(8)14-6-4-10(12-14)13(3)9(2)15/h5,7H,4,6H2,1-3H3. The molecule has 0 atom stereocenters. The molecule has 86 valence electrons. The molecule has 0 bridgehead atoms. The van der Waals surface area contributed by atoms with E-state index in [0.717, 1.165) is 18.8 Å². The third-order valence-electron chi connectivity index (χ3n) is 2.71. The van der Waals surface area contributed by atoms with Crippen LogP contribution >= 0.6 is 11.3 Å². The first-order valence-corrected chi connectivity index (χ1v) is 6.11. The van der Waals surface area contributed by atoms with E-state index in [4.69, 9.17) is 0 Å². The van der Waals surface area contributed by atoms with Crippen LogP contribution in [0, 0.1) is 6.92 Å². The van der Waals surface area contributed by atoms with Crippen LogP contribution in [0.15, 0.2) is 16.5 Å². The Morgan fingerprint density at radius 1 is 1.62 bits per heavy atom. The number of carbonyl (C=O) groups is 1. The zero-order chi connectivity index (χ0) is 11.7. The number of nitrogens with zero attached hydrogens (tertiary/aromatic N) is 3. The molecule has 0 fully saturated rings. The van der Waals surface area contributed by atoms with E-state index in [2.05, 4.69) is 23.5 Å². The van der Waals surface area contributed by atoms with Gasteiger partial charge in [0.2, 0.25) is 5.91 Å². The van der Waals surface area contributed by atoms with Crippen LogP contribution in [-0.4, -0.2) is 30.2 Å². The summed E-state index contributed by atoms with van der Waals surface area (Å²) >= 11 is 1.68. The quantitative estimate of drug-likeness (QED) is 0.749. The van der Waals surface area contributed by atoms with E-state index in [0.29, 0.717) is 0 Å². The number of hydrogen-bond acceptors (Lipinski definition) is 4. The molecule has 1 aliphatic rings. The SMILES string of the molecule is CC(=O)N(C)C1=NN(c2sccc2C)CC1. The van der Waals surface area contributed by atoms with Crippen molar-refractivity contribution < 1.29 is 4.79 Å². The smallest absolute Gasteiger partial charge is 0.224 e. The predicted octanol–water partition coefficient (Wildman–Crippen LogP) is 2.06. The molecule has 1 aliphatic heterocycles. The van der Waals surface area contributed by atoms with Gasteiger partial charge >= 0.3 is 0 Å². The first-order valence-electron chi connectivity index (χ1n) is 5.23. The largest absolute Gasteiger partial charge is 0.302 e. The van der Waals surface area contributed by atoms with Crippen molar-refractivity contribution in [1.29, 1.82) is 0 Å². The molecular weight excluding hydrogens is 222 g/mol. The van der Waals surface area contributed by atoms with Gasteiger partial charge in [-0.25, -0.2) is 0 Å². The molecule has 0 saturated carbocycles. The average molecular weight is 237 g/mol. The van der Waals surface area contributed by atoms with Crippen molar-refractivity contribution in [2.45, 2.75) is 20.3 Å². The molecule has 2 heterocycles. The van der Waals surface area contributed by atoms with Crippen molar-refractivity contribution in [3.8, 4) is 0 Å². The van der Waals surface area contributed by atoms with Crippen LogP contribution in [0.5, 0.6) is 0 Å². The second-order valence-corrected chi connectivity index (χ2v) is 4.77. The van der Waals surface area contributed by atoms with Gasteiger partial charge in [-0.3, -0.25) is 9.80 Å². The molecule has 4 nitrogen and oxygen atoms in total. The highest BCUT2D eigenvalue weighted by Gasteiger charge is 2.22. The summed E-state index contributed by atoms with van der Waals surface area (Å²) < 4.78 is 0. The van der Waals surface area contributed by atoms with Gasteiger partial charge in [0, 0.05) is 26.9 Å². The minimum Gasteiger partial charge on any atom is -0.302 e. The molecule has 0 aromatic carbocycles. The summed E-state index contributed by atoms with van der Waals surface area (Å²) in [7, 11) is 1.77. The minimum atomic E-state index is 0.0310. The lowest BCUT2D eigenvalue weighted by atomic mass is 10.3. The van der Waals surface area contributed by atoms with Crippen LogP contribution in [0.25, 0.3) is 0 Å². The maximum absolute atomic E-state index is 11.2. The molecule has 1 aromatic rings. The van der Waals surface area contributed by atoms with Crippen LogP contribution in [0.3, 0.4) is 0 Å². The number of anilines is 1. The van der Waals surface area contributed by atoms with E-state index in [9.17, 15) is 4.79 Å². The number of amidine groups is 1. The molecule has 0 spiro atoms. The topological polar surface area (TPSA) is 35.9 Å². The van der Waals surface area contributed by atoms with Crippen LogP contribution < -0.4 is 5.01 Å². The van der Waals surface area contributed by atoms with E-state index in [1.165, 1.54) is 10.6 Å². The maximum atomic E-state index is 11.2. The fourth-order valence-electron chi connectivity index (χ4n) is 1.64. The second-order valence-electron chi connectivity index (χ2n) is 3.88. The highest BCUT2D eigenvalue weighted by molar-refractivity contribution is 7.14. The third-order valence-corrected chi connectivity index (χ3v) is 3.74. The Morgan fingerprint density at radius 2 is 2.38 bits per heavy atom. The Kier molecular flexibility index (Phi) is 2.96. The summed E-state index contributed by atoms with van der Waals surface area (Å²) in [4.78, 5) is 12.8. The number of amides is 1. The Hall–Kier alpha value is -1.36. The number of hydrazone groups is 1. The van der Waals surface area contributed by atoms with Crippen molar-refractivity contribution in [2.75, 3.05) is 18.6 Å². The van der Waals surface area contributed by atoms with Crippen molar-refractivity contribution in [3.05, 3.63) is 17.0 Å². The Morgan fingerprint density at radius 3 is 2.94 bits per heavy atom. The zero-order valence-corrected chi connectivity index (χ0v) is 10.5. The van der Waals surface area contributed by atoms with Gasteiger partial charge in [-0.1, -0.05) is 0 Å². The second kappa shape index (κ2) is 4.25. The van der Waals surface area contributed by atoms with Crippen LogP contribution in [-0.2, 0) is 4.79 Å². The maximum Gasteiger partial charge on any atom is 0.224 e. The minimum absolute atomic E-state index is 0.0310. The summed E-state index contributed by atoms with van der Waals surface area (Å²) in [5.41, 5.74) is 1.24. The Balaban J connectivity index is 2.18. The molecule has 5 heteroatoms. The first-order chi connectivity index (χ1) is 7.59. The zero-order valence-electron chi connectivity index (χ0n) is 9.73. The van der Waals surface area contributed by atoms with Gasteiger partial charge in [0.15, 0.2) is 0 Å². The Labute approximate surface area is 99.2 Å². The lowest BCUT2D eigenvalue weighted by Crippen LogP contribution is -2.29. The normalized spacial score (nSPS) is 15.2. The lowest BCUT2D eigenvalue weighted by molar-refractivity contribution is -0.124. The highest BCUT2D eigenvalue weighted by atomic mass is 32.1. The number of carbonyl (C=O) groups excluding carboxylic acids is 1. The van der Waals surface area contributed by atoms with Crippen molar-refractivity contribution in [2.24, 2.45) is 5.10 Å². The van der Waals surface area contributed by atoms with Crippen molar-refractivity contribution in [3.63, 3.8) is 0 Å². The van der Waals surface area contributed by atoms with Crippen LogP contribution in [0.1, 0.15) is 18.9 Å². The summed E-state index contributed by atoms with van der Waals surface area (Å²) in [5.74, 6) is 0.879. The van der Waals surface area contributed by atoms with Crippen molar-refractivity contribution in [1.82, 2.24) is 4.90 Å². The molecule has 1 amide bonds. The first kappa shape index (κ1) is 11.1. The van der Waals surface area contributed by atoms with Crippen molar-refractivity contribution >= 4 is 28.1 Å². The van der Waals surface area contributed by atoms with E-state index in [1.807, 2.05) is 5.01 Å². The van der Waals surface area contributed by atoms with Gasteiger partial charge < -0.3 is 4.90 Å². The number of aryl methyl sites for hydroxylation is 1. The highest BCUT2D eigenvalue weighted by Crippen LogP contribution is 2.29. The van der Waals surface area contributed by atoms with Gasteiger partial charge in [0.1, 0.15) is 10.8 Å². The van der Waals surface area contributed by atoms with Crippen LogP contribution in [0.4, 0.5) is 5.00 Å². The van der Waals surface area contributed by atoms with Gasteiger partial charge in [-0.15, -0.1) is 11.3 Å². The Bertz CT molecular complexity index is 438. The molecule has 2 rings (SSSR count). The van der Waals surface area contributed by atoms with Gasteiger partial charge in [0.05, 0.1) is 0 Å². The van der Waals surface area contributed by atoms with E-state index in [-0.39, 0.29) is 5.91 Å². The summed E-state index contributed by atoms with van der Waals surface area (Å²) in [6, 6.07) is 2.09. The molecule has 1 aromatic heterocycles. The summed E-state index contributed by atoms with van der Waals surface area (Å²) in [6.07, 6.45) is 0.827. The van der Waals surface area contributed by atoms with E-state index >= 15 is 0 Å². The van der Waals surface area contributed by atoms with Gasteiger partial charge in [-0.2, -0.15) is 5.10 Å². The average Bonchev–Trinajstić information content (AvgIpc) is 2.84. The fourth-order valence-corrected chi connectivity index (χ4v) is 2.55. The number of thiophene rings is 1. The third kappa shape index (κ3) is 1.95. The van der Waals surface area contributed by atoms with Gasteiger partial charge in [-0.05, 0) is 23.9 Å². The molecule has 0 radical (unpaired) electrons. The molecule has 0 saturated heterocycles.